The van der Waals surface area contributed by atoms with Crippen LogP contribution in [0, 0.1) is 11.3 Å². The van der Waals surface area contributed by atoms with Gasteiger partial charge < -0.3 is 9.15 Å². The van der Waals surface area contributed by atoms with Gasteiger partial charge in [-0.3, -0.25) is 9.59 Å². The van der Waals surface area contributed by atoms with E-state index in [1.807, 2.05) is 31.2 Å². The first-order valence-electron chi connectivity index (χ1n) is 11.9. The Morgan fingerprint density at radius 3 is 2.17 bits per heavy atom. The molecule has 0 radical (unpaired) electrons. The summed E-state index contributed by atoms with van der Waals surface area (Å²) in [5.41, 5.74) is 3.93. The van der Waals surface area contributed by atoms with Crippen LogP contribution in [0.5, 0.6) is 5.75 Å². The Balaban J connectivity index is 1.32. The predicted octanol–water partition coefficient (Wildman–Crippen LogP) is 5.29. The molecule has 6 nitrogen and oxygen atoms in total. The zero-order chi connectivity index (χ0) is 24.6. The number of ether oxygens (including phenoxy) is 1. The molecule has 2 heterocycles. The van der Waals surface area contributed by atoms with E-state index >= 15 is 0 Å². The van der Waals surface area contributed by atoms with Crippen LogP contribution < -0.4 is 9.64 Å². The molecule has 0 saturated carbocycles. The Labute approximate surface area is 207 Å². The average molecular weight is 476 g/mol. The molecule has 176 valence electrons. The summed E-state index contributed by atoms with van der Waals surface area (Å²) < 4.78 is 10.6. The average Bonchev–Trinajstić information content (AvgIpc) is 3.50. The number of hydrogen-bond donors (Lipinski definition) is 0. The van der Waals surface area contributed by atoms with Crippen LogP contribution in [0.3, 0.4) is 0 Å². The molecule has 0 unspecified atom stereocenters. The molecule has 3 aliphatic carbocycles. The molecule has 8 rings (SSSR count). The van der Waals surface area contributed by atoms with Gasteiger partial charge in [0.2, 0.25) is 17.6 Å². The standard InChI is InChI=1S/C30H21NO5/c1-30-25-21-12-4-2-10-19(21)24(20-11-3-5-13-22(20)25)26(30)27(32)31(29(30)34)17-8-6-9-18(16-17)36-28(33)23-14-7-15-35-23/h2-16,24-26H,1H3/t24?,25?,26-,30-/m1/s1. The van der Waals surface area contributed by atoms with Crippen molar-refractivity contribution in [3.05, 3.63) is 119 Å². The minimum absolute atomic E-state index is 0.0689. The van der Waals surface area contributed by atoms with Gasteiger partial charge in [-0.25, -0.2) is 9.69 Å². The molecule has 4 aromatic rings. The highest BCUT2D eigenvalue weighted by molar-refractivity contribution is 6.25. The van der Waals surface area contributed by atoms with Gasteiger partial charge in [0, 0.05) is 17.9 Å². The summed E-state index contributed by atoms with van der Waals surface area (Å²) in [4.78, 5) is 41.9. The minimum atomic E-state index is -0.925. The molecule has 4 aliphatic rings. The number of anilines is 1. The first-order valence-corrected chi connectivity index (χ1v) is 11.9. The summed E-state index contributed by atoms with van der Waals surface area (Å²) in [5.74, 6) is -1.75. The van der Waals surface area contributed by atoms with Crippen molar-refractivity contribution in [2.24, 2.45) is 11.3 Å². The largest absolute Gasteiger partial charge is 0.457 e. The van der Waals surface area contributed by atoms with Crippen molar-refractivity contribution in [3.63, 3.8) is 0 Å². The zero-order valence-electron chi connectivity index (χ0n) is 19.4. The van der Waals surface area contributed by atoms with Gasteiger partial charge in [0.05, 0.1) is 23.3 Å². The van der Waals surface area contributed by atoms with Crippen molar-refractivity contribution in [2.45, 2.75) is 18.8 Å². The van der Waals surface area contributed by atoms with Gasteiger partial charge in [-0.05, 0) is 53.4 Å². The lowest BCUT2D eigenvalue weighted by Gasteiger charge is -2.51. The number of esters is 1. The third-order valence-electron chi connectivity index (χ3n) is 8.02. The summed E-state index contributed by atoms with van der Waals surface area (Å²) in [6.07, 6.45) is 1.39. The summed E-state index contributed by atoms with van der Waals surface area (Å²) in [7, 11) is 0. The Bertz CT molecular complexity index is 1520. The van der Waals surface area contributed by atoms with E-state index in [-0.39, 0.29) is 35.2 Å². The molecule has 1 fully saturated rings. The Hall–Kier alpha value is -4.45. The first kappa shape index (κ1) is 20.9. The fourth-order valence-electron chi connectivity index (χ4n) is 6.60. The molecule has 0 N–H and O–H groups in total. The Morgan fingerprint density at radius 2 is 1.53 bits per heavy atom. The van der Waals surface area contributed by atoms with E-state index in [2.05, 4.69) is 24.3 Å². The van der Waals surface area contributed by atoms with Crippen LogP contribution in [0.2, 0.25) is 0 Å². The van der Waals surface area contributed by atoms with Gasteiger partial charge in [0.25, 0.3) is 0 Å². The van der Waals surface area contributed by atoms with Crippen LogP contribution in [0.1, 0.15) is 51.6 Å². The number of imide groups is 1. The number of amides is 2. The van der Waals surface area contributed by atoms with Crippen LogP contribution in [0.15, 0.2) is 95.6 Å². The third-order valence-corrected chi connectivity index (χ3v) is 8.02. The molecule has 36 heavy (non-hydrogen) atoms. The number of carbonyl (C=O) groups excluding carboxylic acids is 3. The van der Waals surface area contributed by atoms with E-state index in [0.29, 0.717) is 5.69 Å². The lowest BCUT2D eigenvalue weighted by Crippen LogP contribution is -2.49. The molecule has 2 bridgehead atoms. The highest BCUT2D eigenvalue weighted by atomic mass is 16.5. The van der Waals surface area contributed by atoms with Crippen molar-refractivity contribution >= 4 is 23.5 Å². The van der Waals surface area contributed by atoms with Crippen LogP contribution in [0.25, 0.3) is 0 Å². The van der Waals surface area contributed by atoms with E-state index in [0.717, 1.165) is 22.3 Å². The number of benzene rings is 3. The van der Waals surface area contributed by atoms with Crippen molar-refractivity contribution in [3.8, 4) is 5.75 Å². The van der Waals surface area contributed by atoms with Crippen molar-refractivity contribution in [1.29, 1.82) is 0 Å². The molecule has 1 saturated heterocycles. The van der Waals surface area contributed by atoms with Gasteiger partial charge in [-0.2, -0.15) is 0 Å². The van der Waals surface area contributed by atoms with Crippen molar-refractivity contribution in [1.82, 2.24) is 0 Å². The summed E-state index contributed by atoms with van der Waals surface area (Å²) in [6.45, 7) is 1.93. The van der Waals surface area contributed by atoms with E-state index < -0.39 is 17.3 Å². The highest BCUT2D eigenvalue weighted by Gasteiger charge is 2.68. The lowest BCUT2D eigenvalue weighted by atomic mass is 9.48. The highest BCUT2D eigenvalue weighted by Crippen LogP contribution is 2.67. The van der Waals surface area contributed by atoms with E-state index in [1.165, 1.54) is 17.2 Å². The maximum absolute atomic E-state index is 14.2. The van der Waals surface area contributed by atoms with Gasteiger partial charge in [-0.1, -0.05) is 54.6 Å². The first-order chi connectivity index (χ1) is 17.5. The summed E-state index contributed by atoms with van der Waals surface area (Å²) in [5, 5.41) is 0. The number of hydrogen-bond acceptors (Lipinski definition) is 5. The fourth-order valence-corrected chi connectivity index (χ4v) is 6.60. The second kappa shape index (κ2) is 7.28. The summed E-state index contributed by atoms with van der Waals surface area (Å²) >= 11 is 0. The zero-order valence-corrected chi connectivity index (χ0v) is 19.4. The number of furan rings is 1. The SMILES string of the molecule is C[C@]12C(=O)N(c3cccc(OC(=O)c4ccco4)c3)C(=O)[C@H]1C1c3ccccc3C2c2ccccc21. The molecule has 3 aromatic carbocycles. The Kier molecular flexibility index (Phi) is 4.22. The maximum atomic E-state index is 14.2. The van der Waals surface area contributed by atoms with Crippen molar-refractivity contribution < 1.29 is 23.5 Å². The van der Waals surface area contributed by atoms with Crippen molar-refractivity contribution in [2.75, 3.05) is 4.90 Å². The lowest BCUT2D eigenvalue weighted by molar-refractivity contribution is -0.128. The molecular weight excluding hydrogens is 454 g/mol. The van der Waals surface area contributed by atoms with E-state index in [4.69, 9.17) is 9.15 Å². The molecular formula is C30H21NO5. The minimum Gasteiger partial charge on any atom is -0.457 e. The molecule has 2 atom stereocenters. The number of rotatable bonds is 3. The van der Waals surface area contributed by atoms with Crippen LogP contribution in [-0.2, 0) is 9.59 Å². The second-order valence-electron chi connectivity index (χ2n) is 9.77. The molecule has 1 aliphatic heterocycles. The number of carbonyl (C=O) groups is 3. The fraction of sp³-hybridized carbons (Fsp3) is 0.167. The van der Waals surface area contributed by atoms with Gasteiger partial charge >= 0.3 is 5.97 Å². The predicted molar refractivity (Wildman–Crippen MR) is 131 cm³/mol. The number of nitrogens with zero attached hydrogens (tertiary/aromatic N) is 1. The molecule has 6 heteroatoms. The molecule has 0 spiro atoms. The van der Waals surface area contributed by atoms with Gasteiger partial charge in [0.1, 0.15) is 5.75 Å². The Morgan fingerprint density at radius 1 is 0.861 bits per heavy atom. The van der Waals surface area contributed by atoms with E-state index in [9.17, 15) is 14.4 Å². The molecule has 2 amide bonds. The normalized spacial score (nSPS) is 25.4. The monoisotopic (exact) mass is 475 g/mol. The van der Waals surface area contributed by atoms with E-state index in [1.54, 1.807) is 30.3 Å². The van der Waals surface area contributed by atoms with Crippen LogP contribution in [0.4, 0.5) is 5.69 Å². The van der Waals surface area contributed by atoms with Gasteiger partial charge in [0.15, 0.2) is 0 Å². The van der Waals surface area contributed by atoms with Gasteiger partial charge in [-0.15, -0.1) is 0 Å². The maximum Gasteiger partial charge on any atom is 0.379 e. The topological polar surface area (TPSA) is 76.8 Å². The smallest absolute Gasteiger partial charge is 0.379 e. The second-order valence-corrected chi connectivity index (χ2v) is 9.77. The summed E-state index contributed by atoms with van der Waals surface area (Å²) in [6, 6.07) is 26.0. The molecule has 1 aromatic heterocycles. The quantitative estimate of drug-likeness (QED) is 0.229. The third kappa shape index (κ3) is 2.58. The van der Waals surface area contributed by atoms with Crippen LogP contribution in [-0.4, -0.2) is 17.8 Å². The van der Waals surface area contributed by atoms with Crippen LogP contribution >= 0.6 is 0 Å².